The number of hydrogen-bond donors (Lipinski definition) is 0. The molecule has 0 aliphatic carbocycles. The molecular weight excluding hydrogens is 422 g/mol. The summed E-state index contributed by atoms with van der Waals surface area (Å²) in [5.41, 5.74) is 4.10. The summed E-state index contributed by atoms with van der Waals surface area (Å²) in [7, 11) is 2.08. The normalized spacial score (nSPS) is 11.9. The molecule has 0 saturated carbocycles. The number of benzene rings is 2. The summed E-state index contributed by atoms with van der Waals surface area (Å²) in [5, 5.41) is 0. The first kappa shape index (κ1) is 26.0. The van der Waals surface area contributed by atoms with E-state index in [-0.39, 0.29) is 5.91 Å². The first-order valence-electron chi connectivity index (χ1n) is 11.1. The van der Waals surface area contributed by atoms with E-state index in [1.54, 1.807) is 13.1 Å². The van der Waals surface area contributed by atoms with Crippen molar-refractivity contribution in [2.24, 2.45) is 0 Å². The van der Waals surface area contributed by atoms with Gasteiger partial charge in [0.05, 0.1) is 4.90 Å². The summed E-state index contributed by atoms with van der Waals surface area (Å²) in [6.45, 7) is 8.09. The van der Waals surface area contributed by atoms with Gasteiger partial charge < -0.3 is 9.80 Å². The van der Waals surface area contributed by atoms with Crippen molar-refractivity contribution in [1.29, 1.82) is 0 Å². The van der Waals surface area contributed by atoms with Gasteiger partial charge in [0.25, 0.3) is 0 Å². The third-order valence-electron chi connectivity index (χ3n) is 5.51. The lowest BCUT2D eigenvalue weighted by Crippen LogP contribution is -2.32. The van der Waals surface area contributed by atoms with E-state index in [1.807, 2.05) is 51.9 Å². The van der Waals surface area contributed by atoms with E-state index in [0.29, 0.717) is 37.4 Å². The van der Waals surface area contributed by atoms with Crippen LogP contribution in [0.4, 0.5) is 0 Å². The van der Waals surface area contributed by atoms with Crippen molar-refractivity contribution in [3.8, 4) is 0 Å². The second-order valence-corrected chi connectivity index (χ2v) is 10.7. The first-order chi connectivity index (χ1) is 15.0. The molecule has 0 bridgehead atoms. The summed E-state index contributed by atoms with van der Waals surface area (Å²) >= 11 is 0. The molecule has 0 N–H and O–H groups in total. The molecule has 0 aromatic heterocycles. The maximum atomic E-state index is 12.9. The maximum Gasteiger partial charge on any atom is 0.243 e. The second kappa shape index (κ2) is 11.6. The molecule has 0 unspecified atom stereocenters. The van der Waals surface area contributed by atoms with Gasteiger partial charge in [-0.1, -0.05) is 42.0 Å². The minimum atomic E-state index is -3.57. The molecule has 0 saturated heterocycles. The molecule has 0 aliphatic rings. The number of sulfonamides is 1. The van der Waals surface area contributed by atoms with Crippen LogP contribution in [0, 0.1) is 13.8 Å². The van der Waals surface area contributed by atoms with Gasteiger partial charge in [0, 0.05) is 39.6 Å². The first-order valence-corrected chi connectivity index (χ1v) is 12.5. The number of aryl methyl sites for hydroxylation is 2. The van der Waals surface area contributed by atoms with Crippen LogP contribution >= 0.6 is 0 Å². The maximum absolute atomic E-state index is 12.9. The minimum Gasteiger partial charge on any atom is -0.339 e. The lowest BCUT2D eigenvalue weighted by atomic mass is 10.1. The Balaban J connectivity index is 1.91. The molecule has 6 nitrogen and oxygen atoms in total. The molecule has 7 heteroatoms. The Morgan fingerprint density at radius 1 is 0.906 bits per heavy atom. The van der Waals surface area contributed by atoms with Crippen molar-refractivity contribution in [1.82, 2.24) is 14.1 Å². The van der Waals surface area contributed by atoms with Gasteiger partial charge in [-0.15, -0.1) is 0 Å². The molecule has 0 heterocycles. The van der Waals surface area contributed by atoms with E-state index in [1.165, 1.54) is 9.87 Å². The zero-order chi connectivity index (χ0) is 23.9. The molecule has 176 valence electrons. The predicted molar refractivity (Wildman–Crippen MR) is 130 cm³/mol. The van der Waals surface area contributed by atoms with Gasteiger partial charge in [0.2, 0.25) is 15.9 Å². The number of nitrogens with zero attached hydrogens (tertiary/aromatic N) is 3. The van der Waals surface area contributed by atoms with Crippen LogP contribution in [0.3, 0.4) is 0 Å². The van der Waals surface area contributed by atoms with Crippen LogP contribution in [0.15, 0.2) is 47.4 Å². The molecule has 2 aromatic rings. The number of hydrogen-bond acceptors (Lipinski definition) is 4. The third kappa shape index (κ3) is 7.15. The van der Waals surface area contributed by atoms with Crippen molar-refractivity contribution < 1.29 is 13.2 Å². The lowest BCUT2D eigenvalue weighted by molar-refractivity contribution is -0.131. The Kier molecular flexibility index (Phi) is 9.43. The number of rotatable bonds is 11. The minimum absolute atomic E-state index is 0.0437. The largest absolute Gasteiger partial charge is 0.339 e. The van der Waals surface area contributed by atoms with Crippen LogP contribution in [0.2, 0.25) is 0 Å². The fraction of sp³-hybridized carbons (Fsp3) is 0.480. The second-order valence-electron chi connectivity index (χ2n) is 8.66. The molecule has 1 amide bonds. The molecule has 0 spiro atoms. The van der Waals surface area contributed by atoms with Gasteiger partial charge in [-0.2, -0.15) is 0 Å². The molecule has 2 aromatic carbocycles. The lowest BCUT2D eigenvalue weighted by Gasteiger charge is -2.22. The number of amides is 1. The molecule has 0 atom stereocenters. The van der Waals surface area contributed by atoms with E-state index in [9.17, 15) is 13.2 Å². The zero-order valence-corrected chi connectivity index (χ0v) is 21.1. The van der Waals surface area contributed by atoms with E-state index in [0.717, 1.165) is 23.2 Å². The van der Waals surface area contributed by atoms with Gasteiger partial charge in [-0.3, -0.25) is 4.79 Å². The van der Waals surface area contributed by atoms with Crippen LogP contribution in [-0.2, 0) is 27.9 Å². The third-order valence-corrected chi connectivity index (χ3v) is 7.53. The Hall–Kier alpha value is -2.22. The highest BCUT2D eigenvalue weighted by molar-refractivity contribution is 7.89. The molecular formula is C25H37N3O3S. The summed E-state index contributed by atoms with van der Waals surface area (Å²) in [6.07, 6.45) is 0.803. The van der Waals surface area contributed by atoms with Crippen molar-refractivity contribution in [3.05, 3.63) is 64.7 Å². The fourth-order valence-electron chi connectivity index (χ4n) is 3.70. The van der Waals surface area contributed by atoms with Crippen LogP contribution in [0.5, 0.6) is 0 Å². The Labute approximate surface area is 193 Å². The Bertz CT molecular complexity index is 1000. The van der Waals surface area contributed by atoms with Crippen LogP contribution in [0.25, 0.3) is 0 Å². The molecule has 0 radical (unpaired) electrons. The topological polar surface area (TPSA) is 60.9 Å². The van der Waals surface area contributed by atoms with E-state index in [2.05, 4.69) is 29.2 Å². The van der Waals surface area contributed by atoms with E-state index < -0.39 is 10.0 Å². The summed E-state index contributed by atoms with van der Waals surface area (Å²) in [5.74, 6) is 0.0437. The predicted octanol–water partition coefficient (Wildman–Crippen LogP) is 3.81. The number of carbonyl (C=O) groups excluding carboxylic acids is 1. The average molecular weight is 460 g/mol. The van der Waals surface area contributed by atoms with Crippen molar-refractivity contribution in [3.63, 3.8) is 0 Å². The standard InChI is InChI=1S/C25H37N3O3S/c1-7-28(19-23-13-11-22(12-14-23)18-26(4)5)25(29)9-8-16-27(6)32(30,31)24-15-10-20(2)17-21(24)3/h10-15,17H,7-9,16,18-19H2,1-6H3. The summed E-state index contributed by atoms with van der Waals surface area (Å²) in [6, 6.07) is 13.7. The van der Waals surface area contributed by atoms with Crippen molar-refractivity contribution in [2.45, 2.75) is 51.6 Å². The number of carbonyl (C=O) groups is 1. The van der Waals surface area contributed by atoms with Gasteiger partial charge in [-0.25, -0.2) is 12.7 Å². The quantitative estimate of drug-likeness (QED) is 0.513. The summed E-state index contributed by atoms with van der Waals surface area (Å²) < 4.78 is 27.1. The summed E-state index contributed by atoms with van der Waals surface area (Å²) in [4.78, 5) is 17.0. The Morgan fingerprint density at radius 2 is 1.50 bits per heavy atom. The van der Waals surface area contributed by atoms with Crippen LogP contribution in [-0.4, -0.2) is 62.7 Å². The SMILES string of the molecule is CCN(Cc1ccc(CN(C)C)cc1)C(=O)CCCN(C)S(=O)(=O)c1ccc(C)cc1C. The van der Waals surface area contributed by atoms with Crippen LogP contribution in [0.1, 0.15) is 42.0 Å². The molecule has 0 aliphatic heterocycles. The highest BCUT2D eigenvalue weighted by atomic mass is 32.2. The smallest absolute Gasteiger partial charge is 0.243 e. The monoisotopic (exact) mass is 459 g/mol. The average Bonchev–Trinajstić information content (AvgIpc) is 2.72. The van der Waals surface area contributed by atoms with Gasteiger partial charge >= 0.3 is 0 Å². The highest BCUT2D eigenvalue weighted by Crippen LogP contribution is 2.20. The van der Waals surface area contributed by atoms with Gasteiger partial charge in [0.1, 0.15) is 0 Å². The molecule has 0 fully saturated rings. The van der Waals surface area contributed by atoms with E-state index in [4.69, 9.17) is 0 Å². The zero-order valence-electron chi connectivity index (χ0n) is 20.3. The highest BCUT2D eigenvalue weighted by Gasteiger charge is 2.23. The van der Waals surface area contributed by atoms with E-state index >= 15 is 0 Å². The van der Waals surface area contributed by atoms with Gasteiger partial charge in [0.15, 0.2) is 0 Å². The molecule has 32 heavy (non-hydrogen) atoms. The van der Waals surface area contributed by atoms with Crippen molar-refractivity contribution in [2.75, 3.05) is 34.2 Å². The Morgan fingerprint density at radius 3 is 2.03 bits per heavy atom. The fourth-order valence-corrected chi connectivity index (χ4v) is 5.11. The molecule has 2 rings (SSSR count). The van der Waals surface area contributed by atoms with Crippen molar-refractivity contribution >= 4 is 15.9 Å². The van der Waals surface area contributed by atoms with Crippen LogP contribution < -0.4 is 0 Å². The van der Waals surface area contributed by atoms with Gasteiger partial charge in [-0.05, 0) is 64.0 Å².